The molecule has 21 heavy (non-hydrogen) atoms. The topological polar surface area (TPSA) is 55.1 Å². The second kappa shape index (κ2) is 6.05. The molecule has 110 valence electrons. The molecule has 0 saturated carbocycles. The minimum Gasteiger partial charge on any atom is -0.376 e. The summed E-state index contributed by atoms with van der Waals surface area (Å²) >= 11 is 5.95. The first kappa shape index (κ1) is 15.2. The summed E-state index contributed by atoms with van der Waals surface area (Å²) in [6, 6.07) is 5.46. The summed E-state index contributed by atoms with van der Waals surface area (Å²) in [6.07, 6.45) is 0. The Morgan fingerprint density at radius 2 is 1.76 bits per heavy atom. The van der Waals surface area contributed by atoms with Gasteiger partial charge in [0, 0.05) is 29.3 Å². The van der Waals surface area contributed by atoms with Crippen LogP contribution in [0.4, 0.5) is 18.9 Å². The van der Waals surface area contributed by atoms with Crippen LogP contribution in [0.5, 0.6) is 0 Å². The lowest BCUT2D eigenvalue weighted by molar-refractivity contribution is 0.100. The quantitative estimate of drug-likeness (QED) is 0.908. The molecule has 0 spiro atoms. The van der Waals surface area contributed by atoms with E-state index in [1.165, 1.54) is 18.2 Å². The van der Waals surface area contributed by atoms with E-state index in [9.17, 15) is 18.0 Å². The van der Waals surface area contributed by atoms with Gasteiger partial charge in [0.25, 0.3) is 0 Å². The lowest BCUT2D eigenvalue weighted by Crippen LogP contribution is -2.11. The van der Waals surface area contributed by atoms with E-state index in [1.807, 2.05) is 0 Å². The van der Waals surface area contributed by atoms with Gasteiger partial charge in [-0.05, 0) is 17.7 Å². The molecular weight excluding hydrogens is 305 g/mol. The molecule has 0 aromatic heterocycles. The minimum atomic E-state index is -1.04. The number of nitrogens with one attached hydrogen (secondary N) is 1. The fourth-order valence-corrected chi connectivity index (χ4v) is 1.99. The second-order valence-electron chi connectivity index (χ2n) is 4.27. The Morgan fingerprint density at radius 3 is 2.29 bits per heavy atom. The third-order valence-corrected chi connectivity index (χ3v) is 3.15. The van der Waals surface area contributed by atoms with E-state index in [0.29, 0.717) is 17.7 Å². The van der Waals surface area contributed by atoms with Gasteiger partial charge in [0.1, 0.15) is 11.5 Å². The molecule has 0 bridgehead atoms. The minimum absolute atomic E-state index is 0.00263. The van der Waals surface area contributed by atoms with Crippen molar-refractivity contribution in [3.8, 4) is 0 Å². The summed E-state index contributed by atoms with van der Waals surface area (Å²) in [4.78, 5) is 11.0. The average Bonchev–Trinajstić information content (AvgIpc) is 2.38. The first-order valence-corrected chi connectivity index (χ1v) is 6.23. The van der Waals surface area contributed by atoms with Gasteiger partial charge in [-0.25, -0.2) is 13.2 Å². The number of hydrogen-bond acceptors (Lipinski definition) is 2. The van der Waals surface area contributed by atoms with Gasteiger partial charge in [0.2, 0.25) is 5.91 Å². The van der Waals surface area contributed by atoms with Crippen molar-refractivity contribution in [2.75, 3.05) is 5.32 Å². The van der Waals surface area contributed by atoms with E-state index in [4.69, 9.17) is 17.3 Å². The highest BCUT2D eigenvalue weighted by Gasteiger charge is 2.12. The number of carbonyl (C=O) groups is 1. The molecule has 3 nitrogen and oxygen atoms in total. The van der Waals surface area contributed by atoms with Crippen LogP contribution >= 0.6 is 11.6 Å². The summed E-state index contributed by atoms with van der Waals surface area (Å²) in [5.41, 5.74) is 5.38. The molecule has 2 aromatic rings. The van der Waals surface area contributed by atoms with Gasteiger partial charge in [0.15, 0.2) is 11.6 Å². The van der Waals surface area contributed by atoms with E-state index >= 15 is 0 Å². The highest BCUT2D eigenvalue weighted by Crippen LogP contribution is 2.23. The Kier molecular flexibility index (Phi) is 4.37. The van der Waals surface area contributed by atoms with Gasteiger partial charge in [-0.2, -0.15) is 0 Å². The largest absolute Gasteiger partial charge is 0.376 e. The standard InChI is InChI=1S/C14H10ClF3N2O/c15-10-3-7(14(19)21)1-2-8(10)6-20-13-11(17)4-9(16)5-12(13)18/h1-5,20H,6H2,(H2,19,21). The van der Waals surface area contributed by atoms with Gasteiger partial charge in [-0.3, -0.25) is 4.79 Å². The van der Waals surface area contributed by atoms with Crippen LogP contribution in [0.1, 0.15) is 15.9 Å². The van der Waals surface area contributed by atoms with Crippen LogP contribution in [0.3, 0.4) is 0 Å². The van der Waals surface area contributed by atoms with Crippen LogP contribution in [-0.2, 0) is 6.54 Å². The normalized spacial score (nSPS) is 10.5. The maximum Gasteiger partial charge on any atom is 0.248 e. The number of amides is 1. The van der Waals surface area contributed by atoms with Crippen molar-refractivity contribution in [3.63, 3.8) is 0 Å². The van der Waals surface area contributed by atoms with Gasteiger partial charge in [-0.15, -0.1) is 0 Å². The van der Waals surface area contributed by atoms with Crippen molar-refractivity contribution in [1.82, 2.24) is 0 Å². The maximum absolute atomic E-state index is 13.4. The second-order valence-corrected chi connectivity index (χ2v) is 4.68. The molecule has 3 N–H and O–H groups in total. The molecule has 0 aliphatic rings. The number of rotatable bonds is 4. The smallest absolute Gasteiger partial charge is 0.248 e. The van der Waals surface area contributed by atoms with Gasteiger partial charge in [-0.1, -0.05) is 17.7 Å². The zero-order valence-electron chi connectivity index (χ0n) is 10.6. The summed E-state index contributed by atoms with van der Waals surface area (Å²) in [6.45, 7) is -0.00263. The SMILES string of the molecule is NC(=O)c1ccc(CNc2c(F)cc(F)cc2F)c(Cl)c1. The van der Waals surface area contributed by atoms with Crippen molar-refractivity contribution in [2.45, 2.75) is 6.54 Å². The number of primary amides is 1. The lowest BCUT2D eigenvalue weighted by atomic mass is 10.1. The van der Waals surface area contributed by atoms with Crippen LogP contribution in [-0.4, -0.2) is 5.91 Å². The lowest BCUT2D eigenvalue weighted by Gasteiger charge is -2.10. The third kappa shape index (κ3) is 3.46. The number of anilines is 1. The predicted octanol–water partition coefficient (Wildman–Crippen LogP) is 3.47. The summed E-state index contributed by atoms with van der Waals surface area (Å²) in [5, 5.41) is 2.72. The van der Waals surface area contributed by atoms with Crippen LogP contribution < -0.4 is 11.1 Å². The van der Waals surface area contributed by atoms with E-state index in [2.05, 4.69) is 5.32 Å². The fraction of sp³-hybridized carbons (Fsp3) is 0.0714. The highest BCUT2D eigenvalue weighted by atomic mass is 35.5. The number of carbonyl (C=O) groups excluding carboxylic acids is 1. The highest BCUT2D eigenvalue weighted by molar-refractivity contribution is 6.31. The van der Waals surface area contributed by atoms with Crippen LogP contribution in [0.25, 0.3) is 0 Å². The van der Waals surface area contributed by atoms with E-state index in [-0.39, 0.29) is 17.1 Å². The van der Waals surface area contributed by atoms with Crippen molar-refractivity contribution in [1.29, 1.82) is 0 Å². The Hall–Kier alpha value is -2.21. The predicted molar refractivity (Wildman–Crippen MR) is 73.6 cm³/mol. The van der Waals surface area contributed by atoms with Gasteiger partial charge in [0.05, 0.1) is 0 Å². The van der Waals surface area contributed by atoms with Gasteiger partial charge >= 0.3 is 0 Å². The molecule has 0 heterocycles. The van der Waals surface area contributed by atoms with E-state index in [1.54, 1.807) is 0 Å². The average molecular weight is 315 g/mol. The molecule has 2 rings (SSSR count). The molecule has 1 amide bonds. The summed E-state index contributed by atoms with van der Waals surface area (Å²) in [7, 11) is 0. The van der Waals surface area contributed by atoms with Crippen LogP contribution in [0, 0.1) is 17.5 Å². The monoisotopic (exact) mass is 314 g/mol. The molecule has 0 unspecified atom stereocenters. The Bertz CT molecular complexity index is 684. The Balaban J connectivity index is 2.19. The maximum atomic E-state index is 13.4. The van der Waals surface area contributed by atoms with E-state index < -0.39 is 29.0 Å². The third-order valence-electron chi connectivity index (χ3n) is 2.80. The molecule has 0 aliphatic heterocycles. The fourth-order valence-electron chi connectivity index (χ4n) is 1.74. The zero-order valence-corrected chi connectivity index (χ0v) is 11.3. The van der Waals surface area contributed by atoms with Crippen molar-refractivity contribution in [2.24, 2.45) is 5.73 Å². The number of hydrogen-bond donors (Lipinski definition) is 2. The van der Waals surface area contributed by atoms with Crippen molar-refractivity contribution < 1.29 is 18.0 Å². The van der Waals surface area contributed by atoms with Crippen LogP contribution in [0.2, 0.25) is 5.02 Å². The molecule has 2 aromatic carbocycles. The number of halogens is 4. The molecule has 7 heteroatoms. The first-order valence-electron chi connectivity index (χ1n) is 5.85. The van der Waals surface area contributed by atoms with Crippen molar-refractivity contribution in [3.05, 3.63) is 63.9 Å². The van der Waals surface area contributed by atoms with Crippen molar-refractivity contribution >= 4 is 23.2 Å². The first-order chi connectivity index (χ1) is 9.88. The summed E-state index contributed by atoms with van der Waals surface area (Å²) < 4.78 is 39.7. The zero-order chi connectivity index (χ0) is 15.6. The molecule has 0 radical (unpaired) electrons. The van der Waals surface area contributed by atoms with Gasteiger partial charge < -0.3 is 11.1 Å². The molecule has 0 fully saturated rings. The number of benzene rings is 2. The molecule has 0 saturated heterocycles. The Morgan fingerprint density at radius 1 is 1.14 bits per heavy atom. The Labute approximate surface area is 123 Å². The van der Waals surface area contributed by atoms with Crippen LogP contribution in [0.15, 0.2) is 30.3 Å². The molecule has 0 aliphatic carbocycles. The van der Waals surface area contributed by atoms with E-state index in [0.717, 1.165) is 0 Å². The molecular formula is C14H10ClF3N2O. The summed E-state index contributed by atoms with van der Waals surface area (Å²) in [5.74, 6) is -3.72. The molecule has 0 atom stereocenters. The number of nitrogens with two attached hydrogens (primary N) is 1.